The van der Waals surface area contributed by atoms with Gasteiger partial charge in [0.15, 0.2) is 5.75 Å². The number of ether oxygens (including phenoxy) is 2. The van der Waals surface area contributed by atoms with Crippen molar-refractivity contribution in [1.29, 1.82) is 0 Å². The molecule has 0 saturated carbocycles. The van der Waals surface area contributed by atoms with E-state index in [1.165, 1.54) is 46.8 Å². The minimum atomic E-state index is -3.78. The van der Waals surface area contributed by atoms with Crippen molar-refractivity contribution < 1.29 is 27.1 Å². The molecule has 4 rings (SSSR count). The van der Waals surface area contributed by atoms with Crippen LogP contribution in [0.3, 0.4) is 0 Å². The average Bonchev–Trinajstić information content (AvgIpc) is 2.85. The van der Waals surface area contributed by atoms with Gasteiger partial charge in [-0.3, -0.25) is 4.79 Å². The van der Waals surface area contributed by atoms with Crippen molar-refractivity contribution in [2.24, 2.45) is 0 Å². The lowest BCUT2D eigenvalue weighted by atomic mass is 10.2. The number of hydrogen-bond donors (Lipinski definition) is 1. The summed E-state index contributed by atoms with van der Waals surface area (Å²) in [6, 6.07) is 19.1. The van der Waals surface area contributed by atoms with E-state index in [1.54, 1.807) is 36.4 Å². The number of hydrogen-bond acceptors (Lipinski definition) is 5. The van der Waals surface area contributed by atoms with Gasteiger partial charge in [0.1, 0.15) is 11.6 Å². The van der Waals surface area contributed by atoms with Crippen LogP contribution in [-0.4, -0.2) is 44.9 Å². The minimum absolute atomic E-state index is 0.0271. The Morgan fingerprint density at radius 1 is 1.00 bits per heavy atom. The summed E-state index contributed by atoms with van der Waals surface area (Å²) in [7, 11) is -3.78. The van der Waals surface area contributed by atoms with Gasteiger partial charge in [-0.2, -0.15) is 4.31 Å². The maximum absolute atomic E-state index is 13.4. The van der Waals surface area contributed by atoms with Crippen LogP contribution in [0.5, 0.6) is 11.5 Å². The Morgan fingerprint density at radius 2 is 1.76 bits per heavy atom. The van der Waals surface area contributed by atoms with E-state index in [9.17, 15) is 17.6 Å². The highest BCUT2D eigenvalue weighted by Gasteiger charge is 2.27. The van der Waals surface area contributed by atoms with E-state index in [0.717, 1.165) is 0 Å². The molecule has 3 aromatic carbocycles. The number of morpholine rings is 1. The molecule has 0 bridgehead atoms. The van der Waals surface area contributed by atoms with Gasteiger partial charge < -0.3 is 14.8 Å². The molecule has 0 spiro atoms. The molecule has 1 N–H and O–H groups in total. The van der Waals surface area contributed by atoms with Crippen LogP contribution in [0.2, 0.25) is 0 Å². The van der Waals surface area contributed by atoms with E-state index in [0.29, 0.717) is 24.5 Å². The first kappa shape index (κ1) is 23.6. The average molecular weight is 483 g/mol. The Hall–Kier alpha value is -3.53. The van der Waals surface area contributed by atoms with E-state index >= 15 is 0 Å². The van der Waals surface area contributed by atoms with Crippen molar-refractivity contribution in [3.05, 3.63) is 90.3 Å². The Kier molecular flexibility index (Phi) is 7.36. The first-order valence-corrected chi connectivity index (χ1v) is 12.1. The number of carbonyl (C=O) groups excluding carboxylic acids is 1. The van der Waals surface area contributed by atoms with Crippen LogP contribution < -0.4 is 10.1 Å². The largest absolute Gasteiger partial charge is 0.455 e. The Balaban J connectivity index is 1.62. The van der Waals surface area contributed by atoms with Gasteiger partial charge in [-0.15, -0.1) is 0 Å². The molecule has 1 amide bonds. The number of halogens is 1. The van der Waals surface area contributed by atoms with Crippen molar-refractivity contribution in [2.75, 3.05) is 31.6 Å². The standard InChI is InChI=1S/C25H23FN2O5S/c26-20-6-4-5-19(17-20)9-12-25(29)27-23-18-22(34(30,31)28-13-15-32-16-14-28)10-11-24(23)33-21-7-2-1-3-8-21/h1-12,17-18H,13-16H2,(H,27,29)/b12-9+. The van der Waals surface area contributed by atoms with Gasteiger partial charge >= 0.3 is 0 Å². The SMILES string of the molecule is O=C(/C=C/c1cccc(F)c1)Nc1cc(S(=O)(=O)N2CCOCC2)ccc1Oc1ccccc1. The predicted octanol–water partition coefficient (Wildman–Crippen LogP) is 4.29. The minimum Gasteiger partial charge on any atom is -0.455 e. The molecule has 1 aliphatic rings. The molecule has 0 atom stereocenters. The highest BCUT2D eigenvalue weighted by Crippen LogP contribution is 2.33. The molecule has 1 heterocycles. The Bertz CT molecular complexity index is 1290. The second-order valence-electron chi connectivity index (χ2n) is 7.47. The third-order valence-electron chi connectivity index (χ3n) is 5.06. The highest BCUT2D eigenvalue weighted by atomic mass is 32.2. The van der Waals surface area contributed by atoms with Gasteiger partial charge in [0, 0.05) is 19.2 Å². The Morgan fingerprint density at radius 3 is 2.50 bits per heavy atom. The van der Waals surface area contributed by atoms with E-state index in [4.69, 9.17) is 9.47 Å². The zero-order valence-electron chi connectivity index (χ0n) is 18.2. The molecule has 1 saturated heterocycles. The normalized spacial score (nSPS) is 14.7. The summed E-state index contributed by atoms with van der Waals surface area (Å²) in [4.78, 5) is 12.6. The molecule has 9 heteroatoms. The Labute approximate surface area is 197 Å². The second kappa shape index (κ2) is 10.6. The summed E-state index contributed by atoms with van der Waals surface area (Å²) in [5.41, 5.74) is 0.701. The molecule has 0 unspecified atom stereocenters. The number of nitrogens with zero attached hydrogens (tertiary/aromatic N) is 1. The second-order valence-corrected chi connectivity index (χ2v) is 9.41. The molecular formula is C25H23FN2O5S. The lowest BCUT2D eigenvalue weighted by Crippen LogP contribution is -2.40. The summed E-state index contributed by atoms with van der Waals surface area (Å²) in [5.74, 6) is -0.137. The number of sulfonamides is 1. The number of para-hydroxylation sites is 1. The van der Waals surface area contributed by atoms with Crippen LogP contribution in [0.4, 0.5) is 10.1 Å². The maximum Gasteiger partial charge on any atom is 0.248 e. The van der Waals surface area contributed by atoms with Crippen LogP contribution in [0, 0.1) is 5.82 Å². The summed E-state index contributed by atoms with van der Waals surface area (Å²) in [5, 5.41) is 2.68. The first-order chi connectivity index (χ1) is 16.4. The zero-order valence-corrected chi connectivity index (χ0v) is 19.0. The molecule has 1 fully saturated rings. The van der Waals surface area contributed by atoms with Crippen LogP contribution in [0.25, 0.3) is 6.08 Å². The smallest absolute Gasteiger partial charge is 0.248 e. The maximum atomic E-state index is 13.4. The van der Waals surface area contributed by atoms with E-state index in [2.05, 4.69) is 5.32 Å². The molecule has 7 nitrogen and oxygen atoms in total. The van der Waals surface area contributed by atoms with Crippen molar-refractivity contribution in [1.82, 2.24) is 4.31 Å². The fourth-order valence-electron chi connectivity index (χ4n) is 3.36. The number of rotatable bonds is 7. The van der Waals surface area contributed by atoms with Crippen LogP contribution in [0.1, 0.15) is 5.56 Å². The van der Waals surface area contributed by atoms with E-state index in [1.807, 2.05) is 6.07 Å². The summed E-state index contributed by atoms with van der Waals surface area (Å²) >= 11 is 0. The van der Waals surface area contributed by atoms with Gasteiger partial charge in [0.2, 0.25) is 15.9 Å². The predicted molar refractivity (Wildman–Crippen MR) is 127 cm³/mol. The fraction of sp³-hybridized carbons (Fsp3) is 0.160. The lowest BCUT2D eigenvalue weighted by molar-refractivity contribution is -0.111. The van der Waals surface area contributed by atoms with E-state index < -0.39 is 21.7 Å². The molecule has 3 aromatic rings. The van der Waals surface area contributed by atoms with Crippen molar-refractivity contribution >= 4 is 27.7 Å². The van der Waals surface area contributed by atoms with Gasteiger partial charge in [-0.1, -0.05) is 30.3 Å². The zero-order chi connectivity index (χ0) is 24.0. The van der Waals surface area contributed by atoms with Gasteiger partial charge in [-0.05, 0) is 54.1 Å². The van der Waals surface area contributed by atoms with Crippen molar-refractivity contribution in [3.63, 3.8) is 0 Å². The lowest BCUT2D eigenvalue weighted by Gasteiger charge is -2.26. The highest BCUT2D eigenvalue weighted by molar-refractivity contribution is 7.89. The number of benzene rings is 3. The van der Waals surface area contributed by atoms with Crippen LogP contribution in [-0.2, 0) is 19.6 Å². The molecule has 176 valence electrons. The quantitative estimate of drug-likeness (QED) is 0.508. The number of anilines is 1. The molecule has 0 radical (unpaired) electrons. The number of amides is 1. The monoisotopic (exact) mass is 482 g/mol. The first-order valence-electron chi connectivity index (χ1n) is 10.6. The molecular weight excluding hydrogens is 459 g/mol. The molecule has 0 aliphatic carbocycles. The van der Waals surface area contributed by atoms with Crippen molar-refractivity contribution in [3.8, 4) is 11.5 Å². The van der Waals surface area contributed by atoms with Crippen LogP contribution in [0.15, 0.2) is 83.8 Å². The summed E-state index contributed by atoms with van der Waals surface area (Å²) in [6.45, 7) is 1.15. The van der Waals surface area contributed by atoms with Crippen molar-refractivity contribution in [2.45, 2.75) is 4.90 Å². The topological polar surface area (TPSA) is 84.9 Å². The third kappa shape index (κ3) is 5.88. The molecule has 34 heavy (non-hydrogen) atoms. The summed E-state index contributed by atoms with van der Waals surface area (Å²) in [6.07, 6.45) is 2.70. The van der Waals surface area contributed by atoms with Gasteiger partial charge in [0.05, 0.1) is 23.8 Å². The van der Waals surface area contributed by atoms with Crippen LogP contribution >= 0.6 is 0 Å². The van der Waals surface area contributed by atoms with Gasteiger partial charge in [0.25, 0.3) is 0 Å². The van der Waals surface area contributed by atoms with Gasteiger partial charge in [-0.25, -0.2) is 12.8 Å². The molecule has 0 aromatic heterocycles. The molecule has 1 aliphatic heterocycles. The third-order valence-corrected chi connectivity index (χ3v) is 6.96. The summed E-state index contributed by atoms with van der Waals surface area (Å²) < 4.78 is 52.1. The number of carbonyl (C=O) groups is 1. The van der Waals surface area contributed by atoms with E-state index in [-0.39, 0.29) is 29.4 Å². The number of nitrogens with one attached hydrogen (secondary N) is 1. The fourth-order valence-corrected chi connectivity index (χ4v) is 4.80.